The van der Waals surface area contributed by atoms with Gasteiger partial charge in [0.2, 0.25) is 5.91 Å². The van der Waals surface area contributed by atoms with Crippen LogP contribution < -0.4 is 0 Å². The topological polar surface area (TPSA) is 77.0 Å². The van der Waals surface area contributed by atoms with Crippen molar-refractivity contribution >= 4 is 17.0 Å². The number of nitrogens with zero attached hydrogens (tertiary/aromatic N) is 5. The summed E-state index contributed by atoms with van der Waals surface area (Å²) in [5, 5.41) is 8.24. The number of pyridine rings is 1. The number of alkyl halides is 2. The smallest absolute Gasteiger partial charge is 0.264 e. The number of fused-ring (bicyclic) bond motifs is 1. The number of rotatable bonds is 5. The number of aryl methyl sites for hydroxylation is 1. The van der Waals surface area contributed by atoms with Gasteiger partial charge in [-0.25, -0.2) is 13.8 Å². The van der Waals surface area contributed by atoms with Crippen molar-refractivity contribution in [1.29, 1.82) is 0 Å². The lowest BCUT2D eigenvalue weighted by Crippen LogP contribution is -2.40. The molecule has 1 amide bonds. The molecule has 0 aromatic carbocycles. The van der Waals surface area contributed by atoms with Gasteiger partial charge in [0.1, 0.15) is 0 Å². The number of hydrogen-bond acceptors (Lipinski definition) is 5. The molecule has 0 radical (unpaired) electrons. The van der Waals surface area contributed by atoms with Gasteiger partial charge in [0.05, 0.1) is 17.1 Å². The summed E-state index contributed by atoms with van der Waals surface area (Å²) in [5.41, 5.74) is 0.953. The minimum atomic E-state index is -2.64. The van der Waals surface area contributed by atoms with E-state index in [1.807, 2.05) is 19.2 Å². The predicted molar refractivity (Wildman–Crippen MR) is 102 cm³/mol. The third kappa shape index (κ3) is 3.86. The maximum absolute atomic E-state index is 13.6. The summed E-state index contributed by atoms with van der Waals surface area (Å²) < 4.78 is 34.1. The van der Waals surface area contributed by atoms with Gasteiger partial charge in [0.25, 0.3) is 12.1 Å². The molecule has 3 aromatic heterocycles. The molecular formula is C20H23F2N5O2. The summed E-state index contributed by atoms with van der Waals surface area (Å²) in [7, 11) is 0. The number of halogens is 2. The van der Waals surface area contributed by atoms with Crippen LogP contribution in [0.3, 0.4) is 0 Å². The molecule has 2 atom stereocenters. The van der Waals surface area contributed by atoms with Crippen molar-refractivity contribution in [3.8, 4) is 0 Å². The fraction of sp³-hybridized carbons (Fsp3) is 0.500. The van der Waals surface area contributed by atoms with Gasteiger partial charge in [0, 0.05) is 49.1 Å². The van der Waals surface area contributed by atoms with Gasteiger partial charge >= 0.3 is 0 Å². The zero-order valence-corrected chi connectivity index (χ0v) is 16.4. The number of likely N-dealkylation sites (tertiary alicyclic amines) is 1. The molecule has 3 aromatic rings. The normalized spacial score (nSPS) is 18.5. The van der Waals surface area contributed by atoms with Crippen LogP contribution in [0.2, 0.25) is 0 Å². The summed E-state index contributed by atoms with van der Waals surface area (Å²) in [6.45, 7) is 4.69. The molecule has 1 aliphatic heterocycles. The Morgan fingerprint density at radius 3 is 2.97 bits per heavy atom. The minimum Gasteiger partial charge on any atom is -0.342 e. The number of amides is 1. The van der Waals surface area contributed by atoms with Crippen LogP contribution in [0.25, 0.3) is 11.1 Å². The van der Waals surface area contributed by atoms with E-state index in [1.165, 1.54) is 6.07 Å². The highest BCUT2D eigenvalue weighted by Crippen LogP contribution is 2.34. The van der Waals surface area contributed by atoms with Crippen molar-refractivity contribution in [1.82, 2.24) is 24.8 Å². The molecule has 1 fully saturated rings. The average Bonchev–Trinajstić information content (AvgIpc) is 3.38. The molecule has 0 spiro atoms. The molecule has 7 nitrogen and oxygen atoms in total. The number of carbonyl (C=O) groups excluding carboxylic acids is 1. The highest BCUT2D eigenvalue weighted by atomic mass is 19.3. The molecular weight excluding hydrogens is 380 g/mol. The van der Waals surface area contributed by atoms with Crippen LogP contribution >= 0.6 is 0 Å². The largest absolute Gasteiger partial charge is 0.342 e. The Bertz CT molecular complexity index is 1000. The molecule has 29 heavy (non-hydrogen) atoms. The van der Waals surface area contributed by atoms with Gasteiger partial charge in [-0.1, -0.05) is 5.16 Å². The molecule has 154 valence electrons. The SMILES string of the molecule is Cc1noc2nc([C@@H]3CCCN(C(=O)C[C@H](C)n4cccn4)C3)cc(C(F)F)c12. The predicted octanol–water partition coefficient (Wildman–Crippen LogP) is 4.02. The van der Waals surface area contributed by atoms with E-state index in [-0.39, 0.29) is 34.5 Å². The maximum atomic E-state index is 13.6. The summed E-state index contributed by atoms with van der Waals surface area (Å²) >= 11 is 0. The lowest BCUT2D eigenvalue weighted by atomic mass is 9.92. The summed E-state index contributed by atoms with van der Waals surface area (Å²) in [6, 6.07) is 3.23. The van der Waals surface area contributed by atoms with E-state index >= 15 is 0 Å². The number of carbonyl (C=O) groups is 1. The first kappa shape index (κ1) is 19.5. The quantitative estimate of drug-likeness (QED) is 0.643. The number of piperidine rings is 1. The van der Waals surface area contributed by atoms with E-state index in [9.17, 15) is 13.6 Å². The fourth-order valence-electron chi connectivity index (χ4n) is 3.99. The van der Waals surface area contributed by atoms with Crippen molar-refractivity contribution in [2.24, 2.45) is 0 Å². The van der Waals surface area contributed by atoms with Gasteiger partial charge < -0.3 is 9.42 Å². The van der Waals surface area contributed by atoms with E-state index < -0.39 is 6.43 Å². The van der Waals surface area contributed by atoms with Crippen molar-refractivity contribution in [3.05, 3.63) is 41.5 Å². The zero-order chi connectivity index (χ0) is 20.5. The zero-order valence-electron chi connectivity index (χ0n) is 16.4. The first-order valence-electron chi connectivity index (χ1n) is 9.76. The lowest BCUT2D eigenvalue weighted by Gasteiger charge is -2.33. The van der Waals surface area contributed by atoms with Gasteiger partial charge in [-0.2, -0.15) is 5.10 Å². The second-order valence-electron chi connectivity index (χ2n) is 7.60. The standard InChI is InChI=1S/C20H23F2N5O2/c1-12(27-8-4-6-23-27)9-17(28)26-7-3-5-14(11-26)16-10-15(19(21)22)18-13(2)25-29-20(18)24-16/h4,6,8,10,12,14,19H,3,5,7,9,11H2,1-2H3/t12-,14+/m0/s1. The van der Waals surface area contributed by atoms with Crippen molar-refractivity contribution in [3.63, 3.8) is 0 Å². The molecule has 1 aliphatic rings. The Labute approximate surface area is 166 Å². The number of hydrogen-bond donors (Lipinski definition) is 0. The second kappa shape index (κ2) is 7.88. The fourth-order valence-corrected chi connectivity index (χ4v) is 3.99. The molecule has 0 saturated carbocycles. The first-order chi connectivity index (χ1) is 13.9. The van der Waals surface area contributed by atoms with Crippen molar-refractivity contribution in [2.75, 3.05) is 13.1 Å². The van der Waals surface area contributed by atoms with Crippen LogP contribution in [0.15, 0.2) is 29.0 Å². The van der Waals surface area contributed by atoms with Crippen LogP contribution in [-0.4, -0.2) is 43.8 Å². The highest BCUT2D eigenvalue weighted by Gasteiger charge is 2.29. The molecule has 4 rings (SSSR count). The second-order valence-corrected chi connectivity index (χ2v) is 7.60. The third-order valence-corrected chi connectivity index (χ3v) is 5.54. The van der Waals surface area contributed by atoms with Gasteiger partial charge in [-0.3, -0.25) is 9.48 Å². The number of aromatic nitrogens is 4. The van der Waals surface area contributed by atoms with Crippen LogP contribution in [0.4, 0.5) is 8.78 Å². The van der Waals surface area contributed by atoms with Crippen LogP contribution in [0.5, 0.6) is 0 Å². The van der Waals surface area contributed by atoms with E-state index in [1.54, 1.807) is 22.7 Å². The summed E-state index contributed by atoms with van der Waals surface area (Å²) in [5.74, 6) is -0.0802. The average molecular weight is 403 g/mol. The molecule has 1 saturated heterocycles. The Morgan fingerprint density at radius 2 is 2.24 bits per heavy atom. The Morgan fingerprint density at radius 1 is 1.41 bits per heavy atom. The molecule has 0 aliphatic carbocycles. The van der Waals surface area contributed by atoms with E-state index in [4.69, 9.17) is 4.52 Å². The van der Waals surface area contributed by atoms with E-state index in [0.717, 1.165) is 12.8 Å². The first-order valence-corrected chi connectivity index (χ1v) is 9.76. The Balaban J connectivity index is 1.53. The van der Waals surface area contributed by atoms with Gasteiger partial charge in [0.15, 0.2) is 0 Å². The molecule has 0 bridgehead atoms. The van der Waals surface area contributed by atoms with Crippen molar-refractivity contribution < 1.29 is 18.1 Å². The van der Waals surface area contributed by atoms with E-state index in [0.29, 0.717) is 30.9 Å². The molecule has 4 heterocycles. The molecule has 0 unspecified atom stereocenters. The monoisotopic (exact) mass is 403 g/mol. The van der Waals surface area contributed by atoms with Gasteiger partial charge in [-0.05, 0) is 38.8 Å². The maximum Gasteiger partial charge on any atom is 0.264 e. The van der Waals surface area contributed by atoms with Crippen LogP contribution in [0.1, 0.15) is 61.5 Å². The van der Waals surface area contributed by atoms with Crippen LogP contribution in [-0.2, 0) is 4.79 Å². The van der Waals surface area contributed by atoms with Crippen molar-refractivity contribution in [2.45, 2.75) is 51.5 Å². The van der Waals surface area contributed by atoms with Crippen LogP contribution in [0, 0.1) is 6.92 Å². The summed E-state index contributed by atoms with van der Waals surface area (Å²) in [4.78, 5) is 19.0. The highest BCUT2D eigenvalue weighted by molar-refractivity contribution is 5.80. The molecule has 9 heteroatoms. The lowest BCUT2D eigenvalue weighted by molar-refractivity contribution is -0.133. The third-order valence-electron chi connectivity index (χ3n) is 5.54. The van der Waals surface area contributed by atoms with Gasteiger partial charge in [-0.15, -0.1) is 0 Å². The Hall–Kier alpha value is -2.84. The summed E-state index contributed by atoms with van der Waals surface area (Å²) in [6.07, 6.45) is 2.80. The minimum absolute atomic E-state index is 0.0309. The molecule has 0 N–H and O–H groups in total. The Kier molecular flexibility index (Phi) is 5.29. The van der Waals surface area contributed by atoms with E-state index in [2.05, 4.69) is 15.2 Å².